The number of ether oxygens (including phenoxy) is 2. The zero-order valence-corrected chi connectivity index (χ0v) is 20.3. The topological polar surface area (TPSA) is 84.9 Å². The summed E-state index contributed by atoms with van der Waals surface area (Å²) in [5.41, 5.74) is 1.26. The molecule has 1 aliphatic rings. The Kier molecular flexibility index (Phi) is 7.00. The van der Waals surface area contributed by atoms with E-state index in [0.29, 0.717) is 23.1 Å². The van der Waals surface area contributed by atoms with Gasteiger partial charge in [0.25, 0.3) is 15.9 Å². The van der Waals surface area contributed by atoms with E-state index in [2.05, 4.69) is 5.32 Å². The molecule has 1 amide bonds. The first kappa shape index (κ1) is 23.9. The first-order valence-electron chi connectivity index (χ1n) is 10.9. The predicted molar refractivity (Wildman–Crippen MR) is 131 cm³/mol. The minimum atomic E-state index is -3.95. The van der Waals surface area contributed by atoms with Crippen molar-refractivity contribution in [3.8, 4) is 11.5 Å². The van der Waals surface area contributed by atoms with E-state index in [0.717, 1.165) is 11.3 Å². The number of anilines is 1. The molecule has 9 heteroatoms. The Balaban J connectivity index is 1.56. The number of carbonyl (C=O) groups is 1. The molecule has 1 heterocycles. The number of sulfonamides is 1. The van der Waals surface area contributed by atoms with Gasteiger partial charge in [-0.2, -0.15) is 0 Å². The van der Waals surface area contributed by atoms with Crippen molar-refractivity contribution in [3.05, 3.63) is 83.4 Å². The van der Waals surface area contributed by atoms with E-state index >= 15 is 0 Å². The van der Waals surface area contributed by atoms with Crippen LogP contribution in [0.1, 0.15) is 25.5 Å². The fourth-order valence-corrected chi connectivity index (χ4v) is 5.31. The highest BCUT2D eigenvalue weighted by atomic mass is 35.5. The van der Waals surface area contributed by atoms with Crippen LogP contribution in [-0.2, 0) is 14.8 Å². The molecule has 34 heavy (non-hydrogen) atoms. The number of benzene rings is 3. The molecular weight excluding hydrogens is 476 g/mol. The van der Waals surface area contributed by atoms with Crippen LogP contribution in [0.3, 0.4) is 0 Å². The molecule has 3 aromatic carbocycles. The zero-order valence-electron chi connectivity index (χ0n) is 18.8. The number of fused-ring (bicyclic) bond motifs is 1. The summed E-state index contributed by atoms with van der Waals surface area (Å²) in [7, 11) is -3.95. The number of hydrogen-bond acceptors (Lipinski definition) is 5. The highest BCUT2D eigenvalue weighted by Crippen LogP contribution is 2.37. The quantitative estimate of drug-likeness (QED) is 0.513. The third kappa shape index (κ3) is 4.98. The number of nitrogens with zero attached hydrogens (tertiary/aromatic N) is 1. The Bertz CT molecular complexity index is 1260. The minimum Gasteiger partial charge on any atom is -0.494 e. The highest BCUT2D eigenvalue weighted by Gasteiger charge is 2.37. The molecule has 0 spiro atoms. The zero-order chi connectivity index (χ0) is 24.3. The molecule has 0 aromatic heterocycles. The summed E-state index contributed by atoms with van der Waals surface area (Å²) >= 11 is 5.93. The van der Waals surface area contributed by atoms with Crippen LogP contribution >= 0.6 is 11.6 Å². The van der Waals surface area contributed by atoms with E-state index in [9.17, 15) is 13.2 Å². The summed E-state index contributed by atoms with van der Waals surface area (Å²) in [5, 5.41) is 3.36. The lowest BCUT2D eigenvalue weighted by atomic mass is 10.1. The predicted octanol–water partition coefficient (Wildman–Crippen LogP) is 4.57. The van der Waals surface area contributed by atoms with Gasteiger partial charge < -0.3 is 14.8 Å². The average molecular weight is 501 g/mol. The van der Waals surface area contributed by atoms with Crippen LogP contribution in [0.5, 0.6) is 11.5 Å². The lowest BCUT2D eigenvalue weighted by molar-refractivity contribution is -0.128. The van der Waals surface area contributed by atoms with Gasteiger partial charge in [-0.15, -0.1) is 0 Å². The van der Waals surface area contributed by atoms with E-state index in [1.807, 2.05) is 38.1 Å². The third-order valence-electron chi connectivity index (χ3n) is 5.48. The van der Waals surface area contributed by atoms with Crippen molar-refractivity contribution in [2.24, 2.45) is 0 Å². The van der Waals surface area contributed by atoms with Crippen molar-refractivity contribution in [1.29, 1.82) is 0 Å². The summed E-state index contributed by atoms with van der Waals surface area (Å²) in [5.74, 6) is 0.660. The van der Waals surface area contributed by atoms with Gasteiger partial charge in [0.05, 0.1) is 29.8 Å². The summed E-state index contributed by atoms with van der Waals surface area (Å²) in [6.07, 6.45) is -1.03. The monoisotopic (exact) mass is 500 g/mol. The number of amides is 1. The number of carbonyl (C=O) groups excluding carboxylic acids is 1. The van der Waals surface area contributed by atoms with Crippen LogP contribution in [0.4, 0.5) is 5.69 Å². The maximum atomic E-state index is 13.4. The lowest BCUT2D eigenvalue weighted by Crippen LogP contribution is -2.51. The number of hydrogen-bond donors (Lipinski definition) is 1. The van der Waals surface area contributed by atoms with E-state index in [4.69, 9.17) is 21.1 Å². The van der Waals surface area contributed by atoms with Gasteiger partial charge in [0.15, 0.2) is 6.10 Å². The smallest absolute Gasteiger partial charge is 0.264 e. The Hall–Kier alpha value is -3.23. The van der Waals surface area contributed by atoms with Crippen molar-refractivity contribution < 1.29 is 22.7 Å². The first-order valence-corrected chi connectivity index (χ1v) is 12.7. The minimum absolute atomic E-state index is 0.0792. The van der Waals surface area contributed by atoms with Gasteiger partial charge in [0.2, 0.25) is 0 Å². The second-order valence-corrected chi connectivity index (χ2v) is 10.1. The Morgan fingerprint density at radius 3 is 2.47 bits per heavy atom. The fraction of sp³-hybridized carbons (Fsp3) is 0.240. The molecule has 2 atom stereocenters. The summed E-state index contributed by atoms with van der Waals surface area (Å²) in [4.78, 5) is 13.2. The van der Waals surface area contributed by atoms with Crippen LogP contribution in [-0.4, -0.2) is 33.6 Å². The van der Waals surface area contributed by atoms with Crippen molar-refractivity contribution in [2.45, 2.75) is 30.9 Å². The standard InChI is InChI=1S/C25H25ClN2O5S/c1-3-32-20-12-8-18(9-13-20)17(2)27-25(29)24-16-28(22-6-4-5-7-23(22)33-24)34(30,31)21-14-10-19(26)11-15-21/h4-15,17,24H,3,16H2,1-2H3,(H,27,29)/t17-,24-/m0/s1. The molecule has 178 valence electrons. The van der Waals surface area contributed by atoms with Crippen LogP contribution in [0.2, 0.25) is 5.02 Å². The molecule has 0 saturated carbocycles. The fourth-order valence-electron chi connectivity index (χ4n) is 3.71. The van der Waals surface area contributed by atoms with Gasteiger partial charge in [-0.3, -0.25) is 9.10 Å². The van der Waals surface area contributed by atoms with Gasteiger partial charge in [-0.25, -0.2) is 8.42 Å². The molecule has 0 aliphatic carbocycles. The molecule has 0 saturated heterocycles. The van der Waals surface area contributed by atoms with Crippen LogP contribution < -0.4 is 19.1 Å². The molecule has 3 aromatic rings. The second-order valence-electron chi connectivity index (χ2n) is 7.80. The van der Waals surface area contributed by atoms with E-state index in [-0.39, 0.29) is 17.5 Å². The van der Waals surface area contributed by atoms with Crippen molar-refractivity contribution in [3.63, 3.8) is 0 Å². The largest absolute Gasteiger partial charge is 0.494 e. The number of rotatable bonds is 7. The van der Waals surface area contributed by atoms with Gasteiger partial charge in [-0.05, 0) is 67.9 Å². The molecule has 0 unspecified atom stereocenters. The molecule has 1 N–H and O–H groups in total. The maximum absolute atomic E-state index is 13.4. The van der Waals surface area contributed by atoms with E-state index < -0.39 is 22.0 Å². The third-order valence-corrected chi connectivity index (χ3v) is 7.52. The normalized spacial score (nSPS) is 16.2. The van der Waals surface area contributed by atoms with Gasteiger partial charge >= 0.3 is 0 Å². The van der Waals surface area contributed by atoms with Crippen molar-refractivity contribution >= 4 is 33.2 Å². The Morgan fingerprint density at radius 1 is 1.12 bits per heavy atom. The Labute approximate surface area is 204 Å². The molecule has 0 bridgehead atoms. The lowest BCUT2D eigenvalue weighted by Gasteiger charge is -2.35. The molecule has 0 fully saturated rings. The van der Waals surface area contributed by atoms with Gasteiger partial charge in [-0.1, -0.05) is 35.9 Å². The highest BCUT2D eigenvalue weighted by molar-refractivity contribution is 7.92. The summed E-state index contributed by atoms with van der Waals surface area (Å²) in [6, 6.07) is 19.8. The molecular formula is C25H25ClN2O5S. The maximum Gasteiger partial charge on any atom is 0.264 e. The number of para-hydroxylation sites is 2. The number of halogens is 1. The average Bonchev–Trinajstić information content (AvgIpc) is 2.84. The Morgan fingerprint density at radius 2 is 1.79 bits per heavy atom. The van der Waals surface area contributed by atoms with Crippen molar-refractivity contribution in [2.75, 3.05) is 17.5 Å². The molecule has 4 rings (SSSR count). The van der Waals surface area contributed by atoms with Gasteiger partial charge in [0, 0.05) is 5.02 Å². The van der Waals surface area contributed by atoms with Crippen molar-refractivity contribution in [1.82, 2.24) is 5.32 Å². The van der Waals surface area contributed by atoms with E-state index in [1.165, 1.54) is 28.6 Å². The van der Waals surface area contributed by atoms with Gasteiger partial charge in [0.1, 0.15) is 11.5 Å². The number of nitrogens with one attached hydrogen (secondary N) is 1. The summed E-state index contributed by atoms with van der Waals surface area (Å²) < 4.78 is 39.5. The van der Waals surface area contributed by atoms with Crippen LogP contribution in [0, 0.1) is 0 Å². The first-order chi connectivity index (χ1) is 16.3. The SMILES string of the molecule is CCOc1ccc([C@H](C)NC(=O)[C@@H]2CN(S(=O)(=O)c3ccc(Cl)cc3)c3ccccc3O2)cc1. The molecule has 1 aliphatic heterocycles. The molecule has 0 radical (unpaired) electrons. The van der Waals surface area contributed by atoms with Crippen LogP contribution in [0.25, 0.3) is 0 Å². The second kappa shape index (κ2) is 9.95. The van der Waals surface area contributed by atoms with Crippen LogP contribution in [0.15, 0.2) is 77.7 Å². The molecule has 7 nitrogen and oxygen atoms in total. The van der Waals surface area contributed by atoms with E-state index in [1.54, 1.807) is 24.3 Å². The summed E-state index contributed by atoms with van der Waals surface area (Å²) in [6.45, 7) is 4.17.